The molecular formula is C19H20N2O5S. The molecule has 0 unspecified atom stereocenters. The number of anilines is 1. The molecule has 1 amide bonds. The summed E-state index contributed by atoms with van der Waals surface area (Å²) in [5, 5.41) is 13.4. The van der Waals surface area contributed by atoms with Crippen molar-refractivity contribution in [3.05, 3.63) is 46.4 Å². The summed E-state index contributed by atoms with van der Waals surface area (Å²) >= 11 is 1.34. The molecule has 1 aromatic heterocycles. The Hall–Kier alpha value is -2.42. The molecule has 1 N–H and O–H groups in total. The molecule has 3 heterocycles. The lowest BCUT2D eigenvalue weighted by atomic mass is 9.74. The van der Waals surface area contributed by atoms with Crippen LogP contribution in [-0.4, -0.2) is 48.5 Å². The second-order valence-corrected chi connectivity index (χ2v) is 7.33. The van der Waals surface area contributed by atoms with Crippen molar-refractivity contribution in [1.29, 1.82) is 0 Å². The SMILES string of the molecule is COc1ccc(N2C(=O)[C@]3(OCC=C3C)[C@@H]2[C@H](O)c2nccs2)c(OC)c1. The van der Waals surface area contributed by atoms with Gasteiger partial charge in [-0.15, -0.1) is 11.3 Å². The fourth-order valence-corrected chi connectivity index (χ4v) is 4.43. The first-order chi connectivity index (χ1) is 13.0. The Morgan fingerprint density at radius 1 is 1.41 bits per heavy atom. The number of aromatic nitrogens is 1. The molecule has 1 aromatic carbocycles. The second-order valence-electron chi connectivity index (χ2n) is 6.41. The molecule has 2 aromatic rings. The number of rotatable bonds is 5. The standard InChI is InChI=1S/C19H20N2O5S/c1-11-6-8-26-19(11)16(15(22)17-20-7-9-27-17)21(18(19)23)13-5-4-12(24-2)10-14(13)25-3/h4-7,9-10,15-16,22H,8H2,1-3H3/t15-,16-,19+/m0/s1. The lowest BCUT2D eigenvalue weighted by Gasteiger charge is -2.55. The van der Waals surface area contributed by atoms with E-state index in [2.05, 4.69) is 4.98 Å². The summed E-state index contributed by atoms with van der Waals surface area (Å²) < 4.78 is 16.6. The molecule has 1 fully saturated rings. The molecule has 3 atom stereocenters. The Labute approximate surface area is 160 Å². The maximum atomic E-state index is 13.2. The summed E-state index contributed by atoms with van der Waals surface area (Å²) in [6, 6.07) is 4.56. The van der Waals surface area contributed by atoms with E-state index in [4.69, 9.17) is 14.2 Å². The number of β-lactam (4-membered cyclic amide) rings is 1. The van der Waals surface area contributed by atoms with Crippen LogP contribution in [0.5, 0.6) is 11.5 Å². The van der Waals surface area contributed by atoms with E-state index in [0.29, 0.717) is 28.8 Å². The van der Waals surface area contributed by atoms with Crippen LogP contribution in [-0.2, 0) is 9.53 Å². The fraction of sp³-hybridized carbons (Fsp3) is 0.368. The van der Waals surface area contributed by atoms with Crippen molar-refractivity contribution in [1.82, 2.24) is 4.98 Å². The summed E-state index contributed by atoms with van der Waals surface area (Å²) in [5.74, 6) is 0.870. The topological polar surface area (TPSA) is 81.1 Å². The van der Waals surface area contributed by atoms with Crippen LogP contribution in [0.3, 0.4) is 0 Å². The minimum atomic E-state index is -1.17. The predicted molar refractivity (Wildman–Crippen MR) is 100 cm³/mol. The molecule has 7 nitrogen and oxygen atoms in total. The minimum absolute atomic E-state index is 0.224. The zero-order valence-electron chi connectivity index (χ0n) is 15.2. The molecule has 1 saturated heterocycles. The van der Waals surface area contributed by atoms with Crippen molar-refractivity contribution in [3.63, 3.8) is 0 Å². The molecule has 0 aliphatic carbocycles. The highest BCUT2D eigenvalue weighted by Gasteiger charge is 2.68. The number of thiazole rings is 1. The maximum absolute atomic E-state index is 13.2. The summed E-state index contributed by atoms with van der Waals surface area (Å²) in [6.45, 7) is 2.20. The first-order valence-corrected chi connectivity index (χ1v) is 9.37. The Balaban J connectivity index is 1.80. The smallest absolute Gasteiger partial charge is 0.266 e. The van der Waals surface area contributed by atoms with E-state index in [1.54, 1.807) is 36.9 Å². The van der Waals surface area contributed by atoms with Crippen LogP contribution in [0.4, 0.5) is 5.69 Å². The van der Waals surface area contributed by atoms with Gasteiger partial charge in [0, 0.05) is 17.6 Å². The number of aliphatic hydroxyl groups is 1. The third-order valence-corrected chi connectivity index (χ3v) is 6.01. The number of hydrogen-bond donors (Lipinski definition) is 1. The first-order valence-electron chi connectivity index (χ1n) is 8.49. The van der Waals surface area contributed by atoms with E-state index >= 15 is 0 Å². The van der Waals surface area contributed by atoms with Crippen LogP contribution < -0.4 is 14.4 Å². The van der Waals surface area contributed by atoms with Gasteiger partial charge in [-0.1, -0.05) is 6.08 Å². The molecule has 2 aliphatic rings. The summed E-state index contributed by atoms with van der Waals surface area (Å²) in [5.41, 5.74) is 0.186. The van der Waals surface area contributed by atoms with Crippen LogP contribution in [0, 0.1) is 0 Å². The second kappa shape index (κ2) is 6.63. The number of benzene rings is 1. The molecule has 27 heavy (non-hydrogen) atoms. The van der Waals surface area contributed by atoms with Crippen molar-refractivity contribution in [3.8, 4) is 11.5 Å². The molecule has 0 saturated carbocycles. The van der Waals surface area contributed by atoms with E-state index in [1.807, 2.05) is 13.0 Å². The molecule has 4 rings (SSSR count). The number of ether oxygens (including phenoxy) is 3. The number of aliphatic hydroxyl groups excluding tert-OH is 1. The van der Waals surface area contributed by atoms with Gasteiger partial charge in [0.1, 0.15) is 28.7 Å². The van der Waals surface area contributed by atoms with Crippen LogP contribution in [0.2, 0.25) is 0 Å². The van der Waals surface area contributed by atoms with Gasteiger partial charge in [-0.05, 0) is 24.6 Å². The van der Waals surface area contributed by atoms with E-state index < -0.39 is 17.7 Å². The molecule has 0 bridgehead atoms. The van der Waals surface area contributed by atoms with E-state index in [1.165, 1.54) is 23.3 Å². The maximum Gasteiger partial charge on any atom is 0.266 e. The number of amides is 1. The van der Waals surface area contributed by atoms with Gasteiger partial charge in [0.2, 0.25) is 0 Å². The van der Waals surface area contributed by atoms with E-state index in [9.17, 15) is 9.90 Å². The third-order valence-electron chi connectivity index (χ3n) is 5.17. The monoisotopic (exact) mass is 388 g/mol. The fourth-order valence-electron chi connectivity index (χ4n) is 3.78. The molecular weight excluding hydrogens is 368 g/mol. The van der Waals surface area contributed by atoms with Crippen LogP contribution >= 0.6 is 11.3 Å². The number of hydrogen-bond acceptors (Lipinski definition) is 7. The molecule has 1 spiro atoms. The Morgan fingerprint density at radius 2 is 2.22 bits per heavy atom. The van der Waals surface area contributed by atoms with Gasteiger partial charge >= 0.3 is 0 Å². The molecule has 8 heteroatoms. The van der Waals surface area contributed by atoms with Crippen molar-refractivity contribution in [2.75, 3.05) is 25.7 Å². The van der Waals surface area contributed by atoms with Crippen molar-refractivity contribution < 1.29 is 24.1 Å². The Morgan fingerprint density at radius 3 is 2.81 bits per heavy atom. The number of carbonyl (C=O) groups is 1. The Bertz CT molecular complexity index is 898. The first kappa shape index (κ1) is 18.0. The summed E-state index contributed by atoms with van der Waals surface area (Å²) in [7, 11) is 3.09. The lowest BCUT2D eigenvalue weighted by molar-refractivity contribution is -0.159. The minimum Gasteiger partial charge on any atom is -0.497 e. The zero-order valence-corrected chi connectivity index (χ0v) is 16.0. The van der Waals surface area contributed by atoms with Gasteiger partial charge in [-0.2, -0.15) is 0 Å². The van der Waals surface area contributed by atoms with Gasteiger partial charge < -0.3 is 19.3 Å². The summed E-state index contributed by atoms with van der Waals surface area (Å²) in [6.07, 6.45) is 2.52. The van der Waals surface area contributed by atoms with Gasteiger partial charge in [0.15, 0.2) is 5.60 Å². The predicted octanol–water partition coefficient (Wildman–Crippen LogP) is 2.32. The lowest BCUT2D eigenvalue weighted by Crippen LogP contribution is -2.76. The van der Waals surface area contributed by atoms with Crippen molar-refractivity contribution in [2.45, 2.75) is 24.7 Å². The van der Waals surface area contributed by atoms with Gasteiger partial charge in [-0.3, -0.25) is 9.69 Å². The quantitative estimate of drug-likeness (QED) is 0.625. The summed E-state index contributed by atoms with van der Waals surface area (Å²) in [4.78, 5) is 19.0. The van der Waals surface area contributed by atoms with E-state index in [-0.39, 0.29) is 5.91 Å². The van der Waals surface area contributed by atoms with Crippen molar-refractivity contribution >= 4 is 22.9 Å². The highest BCUT2D eigenvalue weighted by atomic mass is 32.1. The number of carbonyl (C=O) groups excluding carboxylic acids is 1. The zero-order chi connectivity index (χ0) is 19.2. The number of nitrogens with zero attached hydrogens (tertiary/aromatic N) is 2. The van der Waals surface area contributed by atoms with Crippen molar-refractivity contribution in [2.24, 2.45) is 0 Å². The van der Waals surface area contributed by atoms with Crippen LogP contribution in [0.15, 0.2) is 41.4 Å². The average molecular weight is 388 g/mol. The van der Waals surface area contributed by atoms with Gasteiger partial charge in [-0.25, -0.2) is 4.98 Å². The van der Waals surface area contributed by atoms with Gasteiger partial charge in [0.05, 0.1) is 26.5 Å². The normalized spacial score (nSPS) is 25.3. The van der Waals surface area contributed by atoms with Crippen LogP contribution in [0.1, 0.15) is 18.0 Å². The largest absolute Gasteiger partial charge is 0.497 e. The highest BCUT2D eigenvalue weighted by molar-refractivity contribution is 7.09. The molecule has 142 valence electrons. The third kappa shape index (κ3) is 2.48. The molecule has 2 aliphatic heterocycles. The van der Waals surface area contributed by atoms with Gasteiger partial charge in [0.25, 0.3) is 5.91 Å². The molecule has 0 radical (unpaired) electrons. The highest BCUT2D eigenvalue weighted by Crippen LogP contribution is 2.52. The Kier molecular flexibility index (Phi) is 4.41. The number of methoxy groups -OCH3 is 2. The van der Waals surface area contributed by atoms with Crippen LogP contribution in [0.25, 0.3) is 0 Å². The van der Waals surface area contributed by atoms with E-state index in [0.717, 1.165) is 5.57 Å². The average Bonchev–Trinajstić information content (AvgIpc) is 3.35.